The van der Waals surface area contributed by atoms with Gasteiger partial charge in [-0.25, -0.2) is 0 Å². The van der Waals surface area contributed by atoms with Crippen LogP contribution in [-0.4, -0.2) is 25.7 Å². The van der Waals surface area contributed by atoms with Crippen molar-refractivity contribution in [3.8, 4) is 0 Å². The van der Waals surface area contributed by atoms with Crippen LogP contribution in [0.4, 0.5) is 0 Å². The van der Waals surface area contributed by atoms with Crippen LogP contribution in [0.3, 0.4) is 0 Å². The van der Waals surface area contributed by atoms with Gasteiger partial charge >= 0.3 is 0 Å². The quantitative estimate of drug-likeness (QED) is 0.373. The Bertz CT molecular complexity index is 172. The summed E-state index contributed by atoms with van der Waals surface area (Å²) in [5.74, 6) is 0.737. The predicted molar refractivity (Wildman–Crippen MR) is 68.9 cm³/mol. The molecule has 0 saturated carbocycles. The monoisotopic (exact) mass is 229 g/mol. The van der Waals surface area contributed by atoms with Crippen molar-refractivity contribution in [2.45, 2.75) is 46.1 Å². The summed E-state index contributed by atoms with van der Waals surface area (Å²) in [6, 6.07) is 0.499. The van der Waals surface area contributed by atoms with Crippen molar-refractivity contribution in [3.63, 3.8) is 0 Å². The van der Waals surface area contributed by atoms with Crippen LogP contribution < -0.4 is 16.1 Å². The van der Waals surface area contributed by atoms with Gasteiger partial charge in [0.1, 0.15) is 5.82 Å². The van der Waals surface area contributed by atoms with E-state index >= 15 is 0 Å². The van der Waals surface area contributed by atoms with Crippen molar-refractivity contribution in [1.29, 1.82) is 0 Å². The smallest absolute Gasteiger partial charge is 0.116 e. The molecule has 0 fully saturated rings. The standard InChI is InChI=1S/C12H27N3O/c1-5-6-7-8-14-12(4)15-16-10-9-13-11(2)3/h11,13-15H,4-10H2,1-3H3. The highest BCUT2D eigenvalue weighted by atomic mass is 16.6. The Balaban J connectivity index is 3.17. The molecule has 0 saturated heterocycles. The Morgan fingerprint density at radius 2 is 2.00 bits per heavy atom. The highest BCUT2D eigenvalue weighted by Crippen LogP contribution is 1.91. The van der Waals surface area contributed by atoms with Gasteiger partial charge in [0, 0.05) is 19.1 Å². The van der Waals surface area contributed by atoms with Crippen molar-refractivity contribution < 1.29 is 4.84 Å². The average Bonchev–Trinajstić information content (AvgIpc) is 2.23. The van der Waals surface area contributed by atoms with Gasteiger partial charge in [0.2, 0.25) is 0 Å². The minimum atomic E-state index is 0.499. The molecular formula is C12H27N3O. The number of hydrogen-bond donors (Lipinski definition) is 3. The second kappa shape index (κ2) is 10.8. The molecule has 0 spiro atoms. The average molecular weight is 229 g/mol. The van der Waals surface area contributed by atoms with E-state index < -0.39 is 0 Å². The SMILES string of the molecule is C=C(NCCCCC)NOCCNC(C)C. The van der Waals surface area contributed by atoms with Crippen molar-refractivity contribution in [3.05, 3.63) is 12.4 Å². The van der Waals surface area contributed by atoms with Crippen LogP contribution in [0.5, 0.6) is 0 Å². The molecular weight excluding hydrogens is 202 g/mol. The van der Waals surface area contributed by atoms with Crippen LogP contribution in [0.25, 0.3) is 0 Å². The zero-order chi connectivity index (χ0) is 12.2. The zero-order valence-corrected chi connectivity index (χ0v) is 10.9. The fraction of sp³-hybridized carbons (Fsp3) is 0.833. The first kappa shape index (κ1) is 15.3. The number of nitrogens with one attached hydrogen (secondary N) is 3. The maximum absolute atomic E-state index is 5.23. The van der Waals surface area contributed by atoms with Crippen LogP contribution in [0.2, 0.25) is 0 Å². The molecule has 16 heavy (non-hydrogen) atoms. The lowest BCUT2D eigenvalue weighted by Crippen LogP contribution is -2.31. The second-order valence-electron chi connectivity index (χ2n) is 4.17. The van der Waals surface area contributed by atoms with Crippen molar-refractivity contribution in [2.24, 2.45) is 0 Å². The van der Waals surface area contributed by atoms with Crippen molar-refractivity contribution >= 4 is 0 Å². The zero-order valence-electron chi connectivity index (χ0n) is 10.9. The second-order valence-corrected chi connectivity index (χ2v) is 4.17. The van der Waals surface area contributed by atoms with E-state index in [0.29, 0.717) is 12.6 Å². The summed E-state index contributed by atoms with van der Waals surface area (Å²) in [7, 11) is 0. The van der Waals surface area contributed by atoms with Gasteiger partial charge in [-0.2, -0.15) is 0 Å². The lowest BCUT2D eigenvalue weighted by molar-refractivity contribution is 0.0595. The molecule has 4 nitrogen and oxygen atoms in total. The lowest BCUT2D eigenvalue weighted by atomic mass is 10.2. The molecule has 0 bridgehead atoms. The number of hydrogen-bond acceptors (Lipinski definition) is 4. The van der Waals surface area contributed by atoms with Crippen LogP contribution in [0, 0.1) is 0 Å². The van der Waals surface area contributed by atoms with E-state index in [0.717, 1.165) is 18.9 Å². The molecule has 0 aromatic carbocycles. The highest BCUT2D eigenvalue weighted by Gasteiger charge is 1.94. The summed E-state index contributed by atoms with van der Waals surface area (Å²) in [5, 5.41) is 6.43. The maximum atomic E-state index is 5.23. The van der Waals surface area contributed by atoms with Gasteiger partial charge in [-0.05, 0) is 6.42 Å². The first-order valence-electron chi connectivity index (χ1n) is 6.20. The number of rotatable bonds is 11. The predicted octanol–water partition coefficient (Wildman–Crippen LogP) is 1.76. The van der Waals surface area contributed by atoms with Gasteiger partial charge in [0.05, 0.1) is 6.61 Å². The van der Waals surface area contributed by atoms with Crippen LogP contribution in [-0.2, 0) is 4.84 Å². The van der Waals surface area contributed by atoms with Gasteiger partial charge in [0.15, 0.2) is 0 Å². The van der Waals surface area contributed by atoms with Crippen LogP contribution in [0.15, 0.2) is 12.4 Å². The molecule has 0 unspecified atom stereocenters. The van der Waals surface area contributed by atoms with E-state index in [1.54, 1.807) is 0 Å². The van der Waals surface area contributed by atoms with Crippen molar-refractivity contribution in [2.75, 3.05) is 19.7 Å². The van der Waals surface area contributed by atoms with E-state index in [4.69, 9.17) is 4.84 Å². The van der Waals surface area contributed by atoms with Gasteiger partial charge in [-0.1, -0.05) is 40.2 Å². The Morgan fingerprint density at radius 3 is 2.62 bits per heavy atom. The summed E-state index contributed by atoms with van der Waals surface area (Å²) in [4.78, 5) is 5.23. The summed E-state index contributed by atoms with van der Waals surface area (Å²) in [5.41, 5.74) is 2.79. The van der Waals surface area contributed by atoms with Crippen molar-refractivity contribution in [1.82, 2.24) is 16.1 Å². The third kappa shape index (κ3) is 11.3. The summed E-state index contributed by atoms with van der Waals surface area (Å²) in [6.07, 6.45) is 3.66. The van der Waals surface area contributed by atoms with Gasteiger partial charge in [-0.15, -0.1) is 0 Å². The van der Waals surface area contributed by atoms with E-state index in [-0.39, 0.29) is 0 Å². The van der Waals surface area contributed by atoms with E-state index in [1.807, 2.05) is 0 Å². The Morgan fingerprint density at radius 1 is 1.25 bits per heavy atom. The van der Waals surface area contributed by atoms with Crippen LogP contribution in [0.1, 0.15) is 40.0 Å². The van der Waals surface area contributed by atoms with Gasteiger partial charge < -0.3 is 10.6 Å². The molecule has 0 aromatic rings. The molecule has 3 N–H and O–H groups in total. The number of unbranched alkanes of at least 4 members (excludes halogenated alkanes) is 2. The Hall–Kier alpha value is -0.740. The number of hydroxylamine groups is 1. The fourth-order valence-corrected chi connectivity index (χ4v) is 1.19. The molecule has 0 aromatic heterocycles. The lowest BCUT2D eigenvalue weighted by Gasteiger charge is -2.12. The molecule has 0 heterocycles. The van der Waals surface area contributed by atoms with E-state index in [2.05, 4.69) is 43.5 Å². The van der Waals surface area contributed by atoms with E-state index in [9.17, 15) is 0 Å². The molecule has 0 aliphatic heterocycles. The minimum Gasteiger partial charge on any atom is -0.371 e. The van der Waals surface area contributed by atoms with Gasteiger partial charge in [-0.3, -0.25) is 10.3 Å². The normalized spacial score (nSPS) is 10.5. The largest absolute Gasteiger partial charge is 0.371 e. The molecule has 0 amide bonds. The first-order valence-corrected chi connectivity index (χ1v) is 6.20. The minimum absolute atomic E-state index is 0.499. The topological polar surface area (TPSA) is 45.3 Å². The molecule has 0 radical (unpaired) electrons. The summed E-state index contributed by atoms with van der Waals surface area (Å²) < 4.78 is 0. The molecule has 0 aliphatic carbocycles. The fourth-order valence-electron chi connectivity index (χ4n) is 1.19. The van der Waals surface area contributed by atoms with Gasteiger partial charge in [0.25, 0.3) is 0 Å². The summed E-state index contributed by atoms with van der Waals surface area (Å²) >= 11 is 0. The highest BCUT2D eigenvalue weighted by molar-refractivity contribution is 4.83. The maximum Gasteiger partial charge on any atom is 0.116 e. The molecule has 0 atom stereocenters. The van der Waals surface area contributed by atoms with E-state index in [1.165, 1.54) is 19.3 Å². The Labute approximate surface area is 99.8 Å². The third-order valence-corrected chi connectivity index (χ3v) is 2.07. The Kier molecular flexibility index (Phi) is 10.3. The summed E-state index contributed by atoms with van der Waals surface area (Å²) in [6.45, 7) is 12.7. The molecule has 0 aliphatic rings. The molecule has 96 valence electrons. The molecule has 4 heteroatoms. The first-order chi connectivity index (χ1) is 7.66. The molecule has 0 rings (SSSR count). The van der Waals surface area contributed by atoms with Crippen LogP contribution >= 0.6 is 0 Å². The third-order valence-electron chi connectivity index (χ3n) is 2.07.